The summed E-state index contributed by atoms with van der Waals surface area (Å²) < 4.78 is 0. The summed E-state index contributed by atoms with van der Waals surface area (Å²) in [4.78, 5) is 0. The van der Waals surface area contributed by atoms with Crippen molar-refractivity contribution in [2.24, 2.45) is 0 Å². The van der Waals surface area contributed by atoms with E-state index in [4.69, 9.17) is 0 Å². The predicted molar refractivity (Wildman–Crippen MR) is 79.4 cm³/mol. The second-order valence-electron chi connectivity index (χ2n) is 5.39. The summed E-state index contributed by atoms with van der Waals surface area (Å²) in [5, 5.41) is 22.0. The summed E-state index contributed by atoms with van der Waals surface area (Å²) in [7, 11) is 0. The molecule has 0 spiro atoms. The molecule has 0 amide bonds. The molecule has 1 aromatic carbocycles. The van der Waals surface area contributed by atoms with Crippen molar-refractivity contribution in [2.75, 3.05) is 5.32 Å². The predicted octanol–water partition coefficient (Wildman–Crippen LogP) is 3.64. The monoisotopic (exact) mass is 266 g/mol. The van der Waals surface area contributed by atoms with Crippen LogP contribution in [0, 0.1) is 11.3 Å². The summed E-state index contributed by atoms with van der Waals surface area (Å²) in [6, 6.07) is 10.5. The highest BCUT2D eigenvalue weighted by atomic mass is 15.1. The Bertz CT molecular complexity index is 636. The third kappa shape index (κ3) is 2.57. The Labute approximate surface area is 118 Å². The molecule has 20 heavy (non-hydrogen) atoms. The van der Waals surface area contributed by atoms with Crippen LogP contribution in [0.15, 0.2) is 24.3 Å². The number of hydrogen-bond donors (Lipinski definition) is 1. The van der Waals surface area contributed by atoms with Gasteiger partial charge in [0.05, 0.1) is 11.2 Å². The topological polar surface area (TPSA) is 61.6 Å². The Balaban J connectivity index is 1.98. The quantitative estimate of drug-likeness (QED) is 0.843. The minimum absolute atomic E-state index is 0.396. The van der Waals surface area contributed by atoms with Gasteiger partial charge in [0.1, 0.15) is 6.07 Å². The van der Waals surface area contributed by atoms with E-state index < -0.39 is 0 Å². The first-order valence-electron chi connectivity index (χ1n) is 7.30. The molecule has 1 fully saturated rings. The summed E-state index contributed by atoms with van der Waals surface area (Å²) in [5.74, 6) is 0. The van der Waals surface area contributed by atoms with E-state index in [1.165, 1.54) is 38.5 Å². The number of nitriles is 1. The average Bonchev–Trinajstić information content (AvgIpc) is 2.76. The Kier molecular flexibility index (Phi) is 3.78. The van der Waals surface area contributed by atoms with Crippen LogP contribution in [0.1, 0.15) is 44.2 Å². The van der Waals surface area contributed by atoms with E-state index in [9.17, 15) is 5.26 Å². The van der Waals surface area contributed by atoms with Crippen LogP contribution < -0.4 is 5.32 Å². The molecule has 0 aliphatic heterocycles. The summed E-state index contributed by atoms with van der Waals surface area (Å²) >= 11 is 0. The van der Waals surface area contributed by atoms with Gasteiger partial charge in [-0.1, -0.05) is 43.9 Å². The molecule has 4 heteroatoms. The molecule has 0 radical (unpaired) electrons. The molecule has 1 aliphatic carbocycles. The van der Waals surface area contributed by atoms with Gasteiger partial charge in [0.2, 0.25) is 0 Å². The first-order valence-corrected chi connectivity index (χ1v) is 7.30. The maximum atomic E-state index is 9.27. The molecule has 1 aromatic heterocycles. The molecule has 1 saturated carbocycles. The van der Waals surface area contributed by atoms with Crippen molar-refractivity contribution in [2.45, 2.75) is 44.6 Å². The standard InChI is InChI=1S/C16H18N4/c17-11-15-16(18-12-7-3-1-2-4-8-12)13-9-5-6-10-14(13)19-20-15/h5-6,9-10,12H,1-4,7-8H2,(H,18,19). The van der Waals surface area contributed by atoms with Gasteiger partial charge in [0.15, 0.2) is 5.69 Å². The maximum Gasteiger partial charge on any atom is 0.186 e. The fourth-order valence-corrected chi connectivity index (χ4v) is 2.91. The fraction of sp³-hybridized carbons (Fsp3) is 0.438. The molecule has 0 saturated heterocycles. The Morgan fingerprint density at radius 1 is 1.05 bits per heavy atom. The van der Waals surface area contributed by atoms with Gasteiger partial charge in [-0.25, -0.2) is 0 Å². The van der Waals surface area contributed by atoms with Crippen molar-refractivity contribution >= 4 is 16.6 Å². The second kappa shape index (κ2) is 5.87. The van der Waals surface area contributed by atoms with Crippen molar-refractivity contribution in [1.82, 2.24) is 10.2 Å². The first-order chi connectivity index (χ1) is 9.88. The second-order valence-corrected chi connectivity index (χ2v) is 5.39. The number of fused-ring (bicyclic) bond motifs is 1. The van der Waals surface area contributed by atoms with E-state index in [0.29, 0.717) is 11.7 Å². The molecule has 1 aliphatic rings. The lowest BCUT2D eigenvalue weighted by atomic mass is 10.1. The van der Waals surface area contributed by atoms with Crippen molar-refractivity contribution < 1.29 is 0 Å². The van der Waals surface area contributed by atoms with Crippen LogP contribution in [0.4, 0.5) is 5.69 Å². The molecule has 2 aromatic rings. The normalized spacial score (nSPS) is 16.6. The van der Waals surface area contributed by atoms with Gasteiger partial charge in [-0.05, 0) is 18.9 Å². The molecule has 0 bridgehead atoms. The van der Waals surface area contributed by atoms with Crippen LogP contribution in [0.25, 0.3) is 10.9 Å². The Morgan fingerprint density at radius 2 is 1.80 bits per heavy atom. The van der Waals surface area contributed by atoms with Gasteiger partial charge in [0.25, 0.3) is 0 Å². The van der Waals surface area contributed by atoms with Crippen molar-refractivity contribution in [1.29, 1.82) is 5.26 Å². The van der Waals surface area contributed by atoms with E-state index in [-0.39, 0.29) is 0 Å². The zero-order valence-electron chi connectivity index (χ0n) is 11.5. The van der Waals surface area contributed by atoms with Gasteiger partial charge in [-0.3, -0.25) is 0 Å². The number of hydrogen-bond acceptors (Lipinski definition) is 4. The molecule has 0 unspecified atom stereocenters. The summed E-state index contributed by atoms with van der Waals surface area (Å²) in [5.41, 5.74) is 2.08. The molecule has 3 rings (SSSR count). The van der Waals surface area contributed by atoms with Crippen LogP contribution in [0.2, 0.25) is 0 Å². The molecule has 1 N–H and O–H groups in total. The number of aromatic nitrogens is 2. The van der Waals surface area contributed by atoms with E-state index in [1.54, 1.807) is 0 Å². The van der Waals surface area contributed by atoms with Crippen LogP contribution in [-0.2, 0) is 0 Å². The van der Waals surface area contributed by atoms with E-state index in [0.717, 1.165) is 16.6 Å². The molecule has 4 nitrogen and oxygen atoms in total. The third-order valence-electron chi connectivity index (χ3n) is 3.98. The number of anilines is 1. The van der Waals surface area contributed by atoms with Crippen LogP contribution in [0.3, 0.4) is 0 Å². The van der Waals surface area contributed by atoms with E-state index in [2.05, 4.69) is 21.6 Å². The molecular weight excluding hydrogens is 248 g/mol. The lowest BCUT2D eigenvalue weighted by Gasteiger charge is -2.19. The van der Waals surface area contributed by atoms with Crippen molar-refractivity contribution in [3.8, 4) is 6.07 Å². The highest BCUT2D eigenvalue weighted by Gasteiger charge is 2.16. The Hall–Kier alpha value is -2.15. The fourth-order valence-electron chi connectivity index (χ4n) is 2.91. The van der Waals surface area contributed by atoms with Crippen molar-refractivity contribution in [3.05, 3.63) is 30.0 Å². The minimum Gasteiger partial charge on any atom is -0.379 e. The van der Waals surface area contributed by atoms with E-state index >= 15 is 0 Å². The summed E-state index contributed by atoms with van der Waals surface area (Å²) in [6.45, 7) is 0. The maximum absolute atomic E-state index is 9.27. The zero-order chi connectivity index (χ0) is 13.8. The molecule has 102 valence electrons. The molecule has 0 atom stereocenters. The number of nitrogens with zero attached hydrogens (tertiary/aromatic N) is 3. The van der Waals surface area contributed by atoms with E-state index in [1.807, 2.05) is 24.3 Å². The smallest absolute Gasteiger partial charge is 0.186 e. The van der Waals surface area contributed by atoms with Gasteiger partial charge < -0.3 is 5.32 Å². The SMILES string of the molecule is N#Cc1nnc2ccccc2c1NC1CCCCCC1. The van der Waals surface area contributed by atoms with Crippen LogP contribution >= 0.6 is 0 Å². The zero-order valence-corrected chi connectivity index (χ0v) is 11.5. The highest BCUT2D eigenvalue weighted by Crippen LogP contribution is 2.27. The minimum atomic E-state index is 0.396. The lowest BCUT2D eigenvalue weighted by Crippen LogP contribution is -2.19. The Morgan fingerprint density at radius 3 is 2.55 bits per heavy atom. The van der Waals surface area contributed by atoms with Gasteiger partial charge in [0, 0.05) is 11.4 Å². The number of benzene rings is 1. The molecule has 1 heterocycles. The lowest BCUT2D eigenvalue weighted by molar-refractivity contribution is 0.620. The van der Waals surface area contributed by atoms with Gasteiger partial charge in [-0.2, -0.15) is 5.26 Å². The third-order valence-corrected chi connectivity index (χ3v) is 3.98. The van der Waals surface area contributed by atoms with Crippen molar-refractivity contribution in [3.63, 3.8) is 0 Å². The number of rotatable bonds is 2. The largest absolute Gasteiger partial charge is 0.379 e. The van der Waals surface area contributed by atoms with Gasteiger partial charge >= 0.3 is 0 Å². The van der Waals surface area contributed by atoms with Crippen LogP contribution in [-0.4, -0.2) is 16.2 Å². The first kappa shape index (κ1) is 12.9. The molecular formula is C16H18N4. The van der Waals surface area contributed by atoms with Crippen LogP contribution in [0.5, 0.6) is 0 Å². The van der Waals surface area contributed by atoms with Gasteiger partial charge in [-0.15, -0.1) is 10.2 Å². The average molecular weight is 266 g/mol. The highest BCUT2D eigenvalue weighted by molar-refractivity contribution is 5.92. The number of nitrogens with one attached hydrogen (secondary N) is 1. The summed E-state index contributed by atoms with van der Waals surface area (Å²) in [6.07, 6.45) is 7.49.